The van der Waals surface area contributed by atoms with E-state index in [1.54, 1.807) is 23.1 Å². The first-order valence-corrected chi connectivity index (χ1v) is 9.36. The SMILES string of the molecule is [B]c1cc(N2CCC(c3cc(Cl)cc(Cl)c3)(C(F)(F)F)C2)ccc1-n1cnnn1. The van der Waals surface area contributed by atoms with Crippen LogP contribution in [0.2, 0.25) is 10.0 Å². The van der Waals surface area contributed by atoms with Gasteiger partial charge in [-0.15, -0.1) is 5.10 Å². The molecule has 11 heteroatoms. The summed E-state index contributed by atoms with van der Waals surface area (Å²) in [5.41, 5.74) is -0.543. The maximum Gasteiger partial charge on any atom is 0.400 e. The number of rotatable bonds is 3. The third-order valence-electron chi connectivity index (χ3n) is 5.20. The third kappa shape index (κ3) is 3.57. The second kappa shape index (κ2) is 7.21. The summed E-state index contributed by atoms with van der Waals surface area (Å²) < 4.78 is 44.0. The molecule has 1 atom stereocenters. The number of nitrogens with zero attached hydrogens (tertiary/aromatic N) is 5. The molecule has 2 heterocycles. The van der Waals surface area contributed by atoms with E-state index < -0.39 is 11.6 Å². The number of hydrogen-bond donors (Lipinski definition) is 0. The Hall–Kier alpha value is -2.26. The standard InChI is InChI=1S/C18H13BCl2F3N5/c19-15-8-14(1-2-16(15)29-10-25-26-27-29)28-4-3-17(9-28,18(22,23)24)11-5-12(20)7-13(21)6-11/h1-2,5-8,10H,3-4,9H2. The topological polar surface area (TPSA) is 46.8 Å². The lowest BCUT2D eigenvalue weighted by Crippen LogP contribution is -2.45. The van der Waals surface area contributed by atoms with E-state index in [1.807, 2.05) is 0 Å². The van der Waals surface area contributed by atoms with Crippen LogP contribution in [0, 0.1) is 0 Å². The highest BCUT2D eigenvalue weighted by atomic mass is 35.5. The molecule has 0 aliphatic carbocycles. The normalized spacial score (nSPS) is 19.7. The molecular weight excluding hydrogens is 425 g/mol. The van der Waals surface area contributed by atoms with Gasteiger partial charge in [0.15, 0.2) is 0 Å². The van der Waals surface area contributed by atoms with E-state index in [1.165, 1.54) is 29.2 Å². The van der Waals surface area contributed by atoms with Crippen molar-refractivity contribution in [2.45, 2.75) is 18.0 Å². The number of tetrazole rings is 1. The largest absolute Gasteiger partial charge is 0.400 e. The minimum atomic E-state index is -4.48. The lowest BCUT2D eigenvalue weighted by atomic mass is 9.79. The van der Waals surface area contributed by atoms with Crippen LogP contribution in [0.1, 0.15) is 12.0 Å². The Kier molecular flexibility index (Phi) is 4.98. The first-order chi connectivity index (χ1) is 13.7. The summed E-state index contributed by atoms with van der Waals surface area (Å²) in [5.74, 6) is 0. The van der Waals surface area contributed by atoms with Gasteiger partial charge < -0.3 is 4.90 Å². The van der Waals surface area contributed by atoms with E-state index in [9.17, 15) is 13.2 Å². The number of alkyl halides is 3. The first kappa shape index (κ1) is 20.0. The molecule has 0 amide bonds. The fraction of sp³-hybridized carbons (Fsp3) is 0.278. The molecule has 0 spiro atoms. The molecular formula is C18H13BCl2F3N5. The minimum absolute atomic E-state index is 0.0586. The van der Waals surface area contributed by atoms with E-state index in [0.29, 0.717) is 16.8 Å². The van der Waals surface area contributed by atoms with E-state index in [-0.39, 0.29) is 35.1 Å². The molecule has 3 aromatic rings. The highest BCUT2D eigenvalue weighted by Gasteiger charge is 2.59. The Morgan fingerprint density at radius 3 is 2.38 bits per heavy atom. The van der Waals surface area contributed by atoms with Gasteiger partial charge in [-0.05, 0) is 58.8 Å². The molecule has 1 unspecified atom stereocenters. The number of halogens is 5. The zero-order valence-corrected chi connectivity index (χ0v) is 16.4. The maximum absolute atomic E-state index is 14.2. The molecule has 5 nitrogen and oxygen atoms in total. The van der Waals surface area contributed by atoms with E-state index >= 15 is 0 Å². The van der Waals surface area contributed by atoms with Crippen LogP contribution in [-0.2, 0) is 5.41 Å². The average Bonchev–Trinajstić information content (AvgIpc) is 3.31. The molecule has 2 radical (unpaired) electrons. The summed E-state index contributed by atoms with van der Waals surface area (Å²) in [6.07, 6.45) is -3.21. The van der Waals surface area contributed by atoms with Gasteiger partial charge in [-0.2, -0.15) is 13.2 Å². The lowest BCUT2D eigenvalue weighted by Gasteiger charge is -2.33. The van der Waals surface area contributed by atoms with Crippen molar-refractivity contribution in [3.63, 3.8) is 0 Å². The molecule has 1 aliphatic rings. The summed E-state index contributed by atoms with van der Waals surface area (Å²) in [4.78, 5) is 1.65. The summed E-state index contributed by atoms with van der Waals surface area (Å²) >= 11 is 12.0. The maximum atomic E-state index is 14.2. The Morgan fingerprint density at radius 1 is 1.07 bits per heavy atom. The molecule has 148 valence electrons. The number of aromatic nitrogens is 4. The zero-order chi connectivity index (χ0) is 20.8. The van der Waals surface area contributed by atoms with Crippen LogP contribution < -0.4 is 10.4 Å². The van der Waals surface area contributed by atoms with E-state index in [2.05, 4.69) is 15.5 Å². The fourth-order valence-corrected chi connectivity index (χ4v) is 4.24. The molecule has 4 rings (SSSR count). The average molecular weight is 438 g/mol. The quantitative estimate of drug-likeness (QED) is 0.588. The fourth-order valence-electron chi connectivity index (χ4n) is 3.71. The van der Waals surface area contributed by atoms with Crippen LogP contribution >= 0.6 is 23.2 Å². The van der Waals surface area contributed by atoms with Gasteiger partial charge in [-0.3, -0.25) is 0 Å². The molecule has 1 fully saturated rings. The second-order valence-corrected chi connectivity index (χ2v) is 7.78. The van der Waals surface area contributed by atoms with Crippen molar-refractivity contribution in [1.82, 2.24) is 20.2 Å². The highest BCUT2D eigenvalue weighted by Crippen LogP contribution is 2.49. The molecule has 0 N–H and O–H groups in total. The van der Waals surface area contributed by atoms with Crippen LogP contribution in [0.4, 0.5) is 18.9 Å². The van der Waals surface area contributed by atoms with Crippen molar-refractivity contribution in [2.75, 3.05) is 18.0 Å². The molecule has 0 bridgehead atoms. The van der Waals surface area contributed by atoms with Gasteiger partial charge in [0, 0.05) is 28.8 Å². The van der Waals surface area contributed by atoms with Crippen LogP contribution in [0.3, 0.4) is 0 Å². The molecule has 1 saturated heterocycles. The van der Waals surface area contributed by atoms with Crippen molar-refractivity contribution in [1.29, 1.82) is 0 Å². The molecule has 1 aliphatic heterocycles. The van der Waals surface area contributed by atoms with Crippen molar-refractivity contribution in [2.24, 2.45) is 0 Å². The molecule has 1 aromatic heterocycles. The van der Waals surface area contributed by atoms with Crippen LogP contribution in [0.15, 0.2) is 42.7 Å². The summed E-state index contributed by atoms with van der Waals surface area (Å²) in [6.45, 7) is -0.0653. The van der Waals surface area contributed by atoms with Gasteiger partial charge in [0.05, 0.1) is 5.69 Å². The van der Waals surface area contributed by atoms with Gasteiger partial charge in [-0.1, -0.05) is 28.7 Å². The Balaban J connectivity index is 1.69. The first-order valence-electron chi connectivity index (χ1n) is 8.61. The van der Waals surface area contributed by atoms with Gasteiger partial charge in [-0.25, -0.2) is 4.68 Å². The van der Waals surface area contributed by atoms with E-state index in [0.717, 1.165) is 0 Å². The summed E-state index contributed by atoms with van der Waals surface area (Å²) in [5, 5.41) is 11.2. The van der Waals surface area contributed by atoms with Crippen molar-refractivity contribution in [3.05, 3.63) is 58.3 Å². The summed E-state index contributed by atoms with van der Waals surface area (Å²) in [6, 6.07) is 9.07. The van der Waals surface area contributed by atoms with E-state index in [4.69, 9.17) is 31.0 Å². The predicted octanol–water partition coefficient (Wildman–Crippen LogP) is 3.47. The monoisotopic (exact) mass is 437 g/mol. The number of benzene rings is 2. The molecule has 2 aromatic carbocycles. The predicted molar refractivity (Wildman–Crippen MR) is 106 cm³/mol. The van der Waals surface area contributed by atoms with Crippen LogP contribution in [0.25, 0.3) is 5.69 Å². The lowest BCUT2D eigenvalue weighted by molar-refractivity contribution is -0.184. The smallest absolute Gasteiger partial charge is 0.370 e. The van der Waals surface area contributed by atoms with Crippen LogP contribution in [-0.4, -0.2) is 47.3 Å². The zero-order valence-electron chi connectivity index (χ0n) is 14.9. The van der Waals surface area contributed by atoms with Crippen molar-refractivity contribution in [3.8, 4) is 5.69 Å². The number of hydrogen-bond acceptors (Lipinski definition) is 4. The third-order valence-corrected chi connectivity index (χ3v) is 5.64. The Bertz CT molecular complexity index is 1020. The Labute approximate surface area is 175 Å². The van der Waals surface area contributed by atoms with Crippen molar-refractivity contribution < 1.29 is 13.2 Å². The van der Waals surface area contributed by atoms with Gasteiger partial charge in [0.25, 0.3) is 0 Å². The summed E-state index contributed by atoms with van der Waals surface area (Å²) in [7, 11) is 6.08. The molecule has 0 saturated carbocycles. The minimum Gasteiger partial charge on any atom is -0.370 e. The highest BCUT2D eigenvalue weighted by molar-refractivity contribution is 6.35. The van der Waals surface area contributed by atoms with Crippen LogP contribution in [0.5, 0.6) is 0 Å². The Morgan fingerprint density at radius 2 is 1.79 bits per heavy atom. The number of anilines is 1. The van der Waals surface area contributed by atoms with Gasteiger partial charge in [0.2, 0.25) is 0 Å². The van der Waals surface area contributed by atoms with Gasteiger partial charge >= 0.3 is 6.18 Å². The molecule has 29 heavy (non-hydrogen) atoms. The van der Waals surface area contributed by atoms with Gasteiger partial charge in [0.1, 0.15) is 19.6 Å². The van der Waals surface area contributed by atoms with Crippen molar-refractivity contribution >= 4 is 42.2 Å². The second-order valence-electron chi connectivity index (χ2n) is 6.91.